The Balaban J connectivity index is 2.00. The fourth-order valence-electron chi connectivity index (χ4n) is 2.46. The van der Waals surface area contributed by atoms with E-state index in [0.29, 0.717) is 30.1 Å². The third-order valence-electron chi connectivity index (χ3n) is 3.45. The molecule has 1 aliphatic rings. The van der Waals surface area contributed by atoms with Gasteiger partial charge in [-0.05, 0) is 31.0 Å². The van der Waals surface area contributed by atoms with Crippen molar-refractivity contribution in [3.8, 4) is 0 Å². The van der Waals surface area contributed by atoms with Crippen LogP contribution < -0.4 is 10.6 Å². The molecule has 3 rings (SSSR count). The van der Waals surface area contributed by atoms with Gasteiger partial charge in [-0.3, -0.25) is 4.79 Å². The number of amides is 1. The molecule has 0 spiro atoms. The molecule has 1 aromatic carbocycles. The van der Waals surface area contributed by atoms with Crippen molar-refractivity contribution in [3.05, 3.63) is 23.8 Å². The van der Waals surface area contributed by atoms with Gasteiger partial charge >= 0.3 is 5.97 Å². The number of nitrogens with zero attached hydrogens (tertiary/aromatic N) is 2. The summed E-state index contributed by atoms with van der Waals surface area (Å²) < 4.78 is 5.57. The second kappa shape index (κ2) is 4.52. The molecular weight excluding hydrogens is 262 g/mol. The van der Waals surface area contributed by atoms with Gasteiger partial charge in [-0.1, -0.05) is 0 Å². The summed E-state index contributed by atoms with van der Waals surface area (Å²) in [6.07, 6.45) is 1.52. The highest BCUT2D eigenvalue weighted by Crippen LogP contribution is 2.28. The molecule has 0 aliphatic carbocycles. The van der Waals surface area contributed by atoms with Gasteiger partial charge in [0, 0.05) is 6.54 Å². The lowest BCUT2D eigenvalue weighted by atomic mass is 10.2. The maximum Gasteiger partial charge on any atom is 0.335 e. The topological polar surface area (TPSA) is 110 Å². The van der Waals surface area contributed by atoms with Crippen LogP contribution in [0.1, 0.15) is 23.2 Å². The van der Waals surface area contributed by atoms with Crippen LogP contribution in [0.5, 0.6) is 0 Å². The molecule has 1 unspecified atom stereocenters. The SMILES string of the molecule is NC(=O)C1CCCN1c1nc2ccc(C(=O)O)cc2o1. The minimum Gasteiger partial charge on any atom is -0.478 e. The summed E-state index contributed by atoms with van der Waals surface area (Å²) in [7, 11) is 0. The molecule has 1 fully saturated rings. The van der Waals surface area contributed by atoms with Crippen LogP contribution in [0.15, 0.2) is 22.6 Å². The molecule has 7 nitrogen and oxygen atoms in total. The highest BCUT2D eigenvalue weighted by molar-refractivity contribution is 5.92. The van der Waals surface area contributed by atoms with E-state index in [2.05, 4.69) is 4.98 Å². The molecule has 0 radical (unpaired) electrons. The lowest BCUT2D eigenvalue weighted by molar-refractivity contribution is -0.119. The van der Waals surface area contributed by atoms with E-state index < -0.39 is 17.9 Å². The van der Waals surface area contributed by atoms with E-state index in [1.54, 1.807) is 11.0 Å². The molecule has 2 heterocycles. The van der Waals surface area contributed by atoms with Gasteiger partial charge in [-0.25, -0.2) is 4.79 Å². The third-order valence-corrected chi connectivity index (χ3v) is 3.45. The average molecular weight is 275 g/mol. The minimum absolute atomic E-state index is 0.132. The third kappa shape index (κ3) is 1.97. The van der Waals surface area contributed by atoms with Gasteiger partial charge in [0.25, 0.3) is 6.01 Å². The highest BCUT2D eigenvalue weighted by Gasteiger charge is 2.32. The Morgan fingerprint density at radius 3 is 2.95 bits per heavy atom. The number of carbonyl (C=O) groups excluding carboxylic acids is 1. The van der Waals surface area contributed by atoms with Crippen LogP contribution in [0, 0.1) is 0 Å². The molecule has 104 valence electrons. The molecule has 3 N–H and O–H groups in total. The molecule has 0 bridgehead atoms. The van der Waals surface area contributed by atoms with Crippen molar-refractivity contribution in [1.82, 2.24) is 4.98 Å². The first-order valence-electron chi connectivity index (χ1n) is 6.26. The number of benzene rings is 1. The maximum absolute atomic E-state index is 11.4. The zero-order valence-corrected chi connectivity index (χ0v) is 10.6. The number of carboxylic acid groups (broad SMARTS) is 1. The lowest BCUT2D eigenvalue weighted by Crippen LogP contribution is -2.40. The largest absolute Gasteiger partial charge is 0.478 e. The summed E-state index contributed by atoms with van der Waals surface area (Å²) >= 11 is 0. The van der Waals surface area contributed by atoms with Crippen LogP contribution >= 0.6 is 0 Å². The summed E-state index contributed by atoms with van der Waals surface area (Å²) in [5.74, 6) is -1.43. The van der Waals surface area contributed by atoms with E-state index in [0.717, 1.165) is 6.42 Å². The molecular formula is C13H13N3O4. The van der Waals surface area contributed by atoms with Crippen molar-refractivity contribution in [2.75, 3.05) is 11.4 Å². The number of rotatable bonds is 3. The predicted octanol–water partition coefficient (Wildman–Crippen LogP) is 0.980. The molecule has 2 aromatic rings. The van der Waals surface area contributed by atoms with E-state index >= 15 is 0 Å². The van der Waals surface area contributed by atoms with Crippen LogP contribution in [0.2, 0.25) is 0 Å². The van der Waals surface area contributed by atoms with Crippen LogP contribution in [0.4, 0.5) is 6.01 Å². The predicted molar refractivity (Wildman–Crippen MR) is 70.5 cm³/mol. The van der Waals surface area contributed by atoms with E-state index in [9.17, 15) is 9.59 Å². The van der Waals surface area contributed by atoms with Gasteiger partial charge in [-0.2, -0.15) is 4.98 Å². The second-order valence-electron chi connectivity index (χ2n) is 4.74. The second-order valence-corrected chi connectivity index (χ2v) is 4.74. The van der Waals surface area contributed by atoms with E-state index in [1.165, 1.54) is 12.1 Å². The number of carboxylic acids is 1. The van der Waals surface area contributed by atoms with E-state index in [1.807, 2.05) is 0 Å². The summed E-state index contributed by atoms with van der Waals surface area (Å²) in [5.41, 5.74) is 6.43. The molecule has 1 saturated heterocycles. The van der Waals surface area contributed by atoms with E-state index in [4.69, 9.17) is 15.3 Å². The fourth-order valence-corrected chi connectivity index (χ4v) is 2.46. The molecule has 0 saturated carbocycles. The molecule has 1 amide bonds. The zero-order valence-electron chi connectivity index (χ0n) is 10.6. The Morgan fingerprint density at radius 1 is 1.45 bits per heavy atom. The molecule has 1 atom stereocenters. The minimum atomic E-state index is -1.03. The van der Waals surface area contributed by atoms with Crippen LogP contribution in [0.25, 0.3) is 11.1 Å². The maximum atomic E-state index is 11.4. The normalized spacial score (nSPS) is 18.6. The van der Waals surface area contributed by atoms with Crippen LogP contribution in [-0.2, 0) is 4.79 Å². The number of hydrogen-bond donors (Lipinski definition) is 2. The highest BCUT2D eigenvalue weighted by atomic mass is 16.4. The molecule has 1 aliphatic heterocycles. The number of oxazole rings is 1. The average Bonchev–Trinajstić information content (AvgIpc) is 3.03. The van der Waals surface area contributed by atoms with Crippen molar-refractivity contribution in [1.29, 1.82) is 0 Å². The Hall–Kier alpha value is -2.57. The van der Waals surface area contributed by atoms with Gasteiger partial charge in [0.15, 0.2) is 5.58 Å². The van der Waals surface area contributed by atoms with Crippen molar-refractivity contribution in [2.24, 2.45) is 5.73 Å². The number of aromatic nitrogens is 1. The Kier molecular flexibility index (Phi) is 2.81. The number of nitrogens with two attached hydrogens (primary N) is 1. The standard InChI is InChI=1S/C13H13N3O4/c14-11(17)9-2-1-5-16(9)13-15-8-4-3-7(12(18)19)6-10(8)20-13/h3-4,6,9H,1-2,5H2,(H2,14,17)(H,18,19). The van der Waals surface area contributed by atoms with Gasteiger partial charge < -0.3 is 20.2 Å². The number of primary amides is 1. The monoisotopic (exact) mass is 275 g/mol. The summed E-state index contributed by atoms with van der Waals surface area (Å²) in [5, 5.41) is 8.94. The molecule has 7 heteroatoms. The summed E-state index contributed by atoms with van der Waals surface area (Å²) in [6.45, 7) is 0.645. The van der Waals surface area contributed by atoms with Crippen molar-refractivity contribution >= 4 is 29.0 Å². The number of carbonyl (C=O) groups is 2. The Morgan fingerprint density at radius 2 is 2.25 bits per heavy atom. The number of hydrogen-bond acceptors (Lipinski definition) is 5. The number of fused-ring (bicyclic) bond motifs is 1. The Labute approximate surface area is 114 Å². The van der Waals surface area contributed by atoms with Gasteiger partial charge in [-0.15, -0.1) is 0 Å². The Bertz CT molecular complexity index is 694. The summed E-state index contributed by atoms with van der Waals surface area (Å²) in [6, 6.07) is 4.36. The zero-order chi connectivity index (χ0) is 14.3. The number of aromatic carboxylic acids is 1. The summed E-state index contributed by atoms with van der Waals surface area (Å²) in [4.78, 5) is 28.3. The molecule has 1 aromatic heterocycles. The first-order valence-corrected chi connectivity index (χ1v) is 6.26. The van der Waals surface area contributed by atoms with Gasteiger partial charge in [0.05, 0.1) is 5.56 Å². The van der Waals surface area contributed by atoms with Crippen LogP contribution in [0.3, 0.4) is 0 Å². The molecule has 20 heavy (non-hydrogen) atoms. The van der Waals surface area contributed by atoms with Crippen molar-refractivity contribution < 1.29 is 19.1 Å². The van der Waals surface area contributed by atoms with Gasteiger partial charge in [0.2, 0.25) is 5.91 Å². The quantitative estimate of drug-likeness (QED) is 0.864. The first kappa shape index (κ1) is 12.5. The van der Waals surface area contributed by atoms with Crippen molar-refractivity contribution in [3.63, 3.8) is 0 Å². The van der Waals surface area contributed by atoms with Crippen molar-refractivity contribution in [2.45, 2.75) is 18.9 Å². The van der Waals surface area contributed by atoms with Crippen LogP contribution in [-0.4, -0.2) is 34.6 Å². The fraction of sp³-hybridized carbons (Fsp3) is 0.308. The number of anilines is 1. The lowest BCUT2D eigenvalue weighted by Gasteiger charge is -2.19. The smallest absolute Gasteiger partial charge is 0.335 e. The first-order chi connectivity index (χ1) is 9.56. The van der Waals surface area contributed by atoms with E-state index in [-0.39, 0.29) is 5.56 Å². The van der Waals surface area contributed by atoms with Gasteiger partial charge in [0.1, 0.15) is 11.6 Å².